The van der Waals surface area contributed by atoms with Crippen molar-refractivity contribution < 1.29 is 9.15 Å². The molecule has 0 saturated carbocycles. The van der Waals surface area contributed by atoms with E-state index in [0.717, 1.165) is 39.2 Å². The van der Waals surface area contributed by atoms with Gasteiger partial charge in [0.25, 0.3) is 0 Å². The molecule has 0 aliphatic carbocycles. The summed E-state index contributed by atoms with van der Waals surface area (Å²) in [7, 11) is 0. The van der Waals surface area contributed by atoms with Crippen molar-refractivity contribution in [3.63, 3.8) is 0 Å². The third-order valence-electron chi connectivity index (χ3n) is 5.45. The summed E-state index contributed by atoms with van der Waals surface area (Å²) in [6.45, 7) is 4.41. The van der Waals surface area contributed by atoms with Crippen molar-refractivity contribution in [3.8, 4) is 5.75 Å². The molecule has 0 amide bonds. The molecule has 4 nitrogen and oxygen atoms in total. The molecule has 2 atom stereocenters. The standard InChI is InChI=1S/C23H21BrN2O2/c1-14(2)15-5-7-16(8-6-15)23-26-20(13-19(25-26)22-4-3-11-27-22)18-12-17(24)9-10-21(18)28-23/h3-12,14,20,23H,13H2,1-2H3. The molecule has 142 valence electrons. The van der Waals surface area contributed by atoms with Gasteiger partial charge < -0.3 is 9.15 Å². The van der Waals surface area contributed by atoms with Crippen LogP contribution >= 0.6 is 15.9 Å². The van der Waals surface area contributed by atoms with E-state index in [4.69, 9.17) is 14.3 Å². The molecule has 5 rings (SSSR count). The number of benzene rings is 2. The summed E-state index contributed by atoms with van der Waals surface area (Å²) in [6.07, 6.45) is 2.23. The fourth-order valence-electron chi connectivity index (χ4n) is 3.92. The minimum Gasteiger partial charge on any atom is -0.464 e. The van der Waals surface area contributed by atoms with Gasteiger partial charge in [0.15, 0.2) is 0 Å². The summed E-state index contributed by atoms with van der Waals surface area (Å²) in [4.78, 5) is 0. The lowest BCUT2D eigenvalue weighted by Gasteiger charge is -2.38. The number of fused-ring (bicyclic) bond motifs is 3. The molecular formula is C23H21BrN2O2. The Balaban J connectivity index is 1.57. The molecule has 0 fully saturated rings. The Morgan fingerprint density at radius 1 is 1.11 bits per heavy atom. The van der Waals surface area contributed by atoms with Crippen LogP contribution in [0.1, 0.15) is 60.9 Å². The number of halogens is 1. The molecule has 2 unspecified atom stereocenters. The first kappa shape index (κ1) is 17.6. The van der Waals surface area contributed by atoms with Gasteiger partial charge in [-0.2, -0.15) is 5.10 Å². The van der Waals surface area contributed by atoms with Gasteiger partial charge in [-0.3, -0.25) is 0 Å². The summed E-state index contributed by atoms with van der Waals surface area (Å²) in [6, 6.07) is 18.9. The van der Waals surface area contributed by atoms with Crippen LogP contribution in [0.15, 0.2) is 74.9 Å². The lowest BCUT2D eigenvalue weighted by molar-refractivity contribution is -0.0190. The third kappa shape index (κ3) is 2.94. The largest absolute Gasteiger partial charge is 0.464 e. The summed E-state index contributed by atoms with van der Waals surface area (Å²) >= 11 is 3.59. The Labute approximate surface area is 172 Å². The number of hydrazone groups is 1. The first-order valence-corrected chi connectivity index (χ1v) is 10.3. The van der Waals surface area contributed by atoms with Gasteiger partial charge in [0.05, 0.1) is 12.3 Å². The van der Waals surface area contributed by atoms with Crippen molar-refractivity contribution in [1.29, 1.82) is 0 Å². The van der Waals surface area contributed by atoms with Crippen LogP contribution in [0.4, 0.5) is 0 Å². The molecule has 5 heteroatoms. The fraction of sp³-hybridized carbons (Fsp3) is 0.261. The van der Waals surface area contributed by atoms with Gasteiger partial charge in [0.1, 0.15) is 17.2 Å². The Hall–Kier alpha value is -2.53. The van der Waals surface area contributed by atoms with E-state index >= 15 is 0 Å². The highest BCUT2D eigenvalue weighted by Gasteiger charge is 2.41. The predicted molar refractivity (Wildman–Crippen MR) is 112 cm³/mol. The van der Waals surface area contributed by atoms with E-state index in [9.17, 15) is 0 Å². The Bertz CT molecular complexity index is 1030. The number of rotatable bonds is 3. The number of ether oxygens (including phenoxy) is 1. The van der Waals surface area contributed by atoms with Crippen LogP contribution in [0.25, 0.3) is 0 Å². The minimum absolute atomic E-state index is 0.121. The van der Waals surface area contributed by atoms with E-state index in [-0.39, 0.29) is 12.3 Å². The molecule has 0 spiro atoms. The molecule has 0 bridgehead atoms. The highest BCUT2D eigenvalue weighted by molar-refractivity contribution is 9.10. The second-order valence-corrected chi connectivity index (χ2v) is 8.51. The molecule has 28 heavy (non-hydrogen) atoms. The third-order valence-corrected chi connectivity index (χ3v) is 5.94. The van der Waals surface area contributed by atoms with E-state index in [0.29, 0.717) is 5.92 Å². The Morgan fingerprint density at radius 2 is 1.93 bits per heavy atom. The van der Waals surface area contributed by atoms with E-state index in [1.807, 2.05) is 24.3 Å². The van der Waals surface area contributed by atoms with Crippen LogP contribution in [-0.4, -0.2) is 10.7 Å². The van der Waals surface area contributed by atoms with Crippen LogP contribution in [0, 0.1) is 0 Å². The van der Waals surface area contributed by atoms with Gasteiger partial charge in [-0.1, -0.05) is 54.0 Å². The summed E-state index contributed by atoms with van der Waals surface area (Å²) in [5, 5.41) is 6.99. The van der Waals surface area contributed by atoms with Gasteiger partial charge in [0, 0.05) is 22.0 Å². The summed E-state index contributed by atoms with van der Waals surface area (Å²) < 4.78 is 13.1. The Kier molecular flexibility index (Phi) is 4.27. The molecule has 2 aliphatic heterocycles. The second kappa shape index (κ2) is 6.82. The monoisotopic (exact) mass is 436 g/mol. The van der Waals surface area contributed by atoms with Crippen molar-refractivity contribution >= 4 is 21.6 Å². The summed E-state index contributed by atoms with van der Waals surface area (Å²) in [5.74, 6) is 2.24. The quantitative estimate of drug-likeness (QED) is 0.475. The molecule has 3 aromatic rings. The summed E-state index contributed by atoms with van der Waals surface area (Å²) in [5.41, 5.74) is 4.53. The average molecular weight is 437 g/mol. The van der Waals surface area contributed by atoms with Gasteiger partial charge in [0.2, 0.25) is 6.23 Å². The van der Waals surface area contributed by atoms with Crippen LogP contribution < -0.4 is 4.74 Å². The molecular weight excluding hydrogens is 416 g/mol. The maximum atomic E-state index is 6.42. The minimum atomic E-state index is -0.257. The topological polar surface area (TPSA) is 38.0 Å². The van der Waals surface area contributed by atoms with Crippen molar-refractivity contribution in [2.24, 2.45) is 5.10 Å². The maximum absolute atomic E-state index is 6.42. The van der Waals surface area contributed by atoms with Gasteiger partial charge in [-0.15, -0.1) is 0 Å². The lowest BCUT2D eigenvalue weighted by atomic mass is 9.96. The SMILES string of the molecule is CC(C)c1ccc(C2Oc3ccc(Br)cc3C3CC(c4ccco4)=NN32)cc1. The van der Waals surface area contributed by atoms with Gasteiger partial charge in [-0.25, -0.2) is 5.01 Å². The Morgan fingerprint density at radius 3 is 2.64 bits per heavy atom. The van der Waals surface area contributed by atoms with Gasteiger partial charge >= 0.3 is 0 Å². The molecule has 1 aromatic heterocycles. The van der Waals surface area contributed by atoms with Crippen molar-refractivity contribution in [2.75, 3.05) is 0 Å². The zero-order chi connectivity index (χ0) is 19.3. The highest BCUT2D eigenvalue weighted by Crippen LogP contribution is 2.48. The highest BCUT2D eigenvalue weighted by atomic mass is 79.9. The van der Waals surface area contributed by atoms with E-state index in [1.165, 1.54) is 5.56 Å². The number of furan rings is 1. The molecule has 0 saturated heterocycles. The first-order valence-electron chi connectivity index (χ1n) is 9.56. The van der Waals surface area contributed by atoms with Crippen LogP contribution in [-0.2, 0) is 0 Å². The van der Waals surface area contributed by atoms with Crippen LogP contribution in [0.2, 0.25) is 0 Å². The molecule has 0 N–H and O–H groups in total. The zero-order valence-electron chi connectivity index (χ0n) is 15.8. The van der Waals surface area contributed by atoms with E-state index in [1.54, 1.807) is 6.26 Å². The fourth-order valence-corrected chi connectivity index (χ4v) is 4.29. The van der Waals surface area contributed by atoms with Crippen LogP contribution in [0.5, 0.6) is 5.75 Å². The second-order valence-electron chi connectivity index (χ2n) is 7.60. The molecule has 2 aliphatic rings. The van der Waals surface area contributed by atoms with E-state index in [2.05, 4.69) is 65.1 Å². The number of hydrogen-bond acceptors (Lipinski definition) is 4. The van der Waals surface area contributed by atoms with Crippen molar-refractivity contribution in [3.05, 3.63) is 87.8 Å². The average Bonchev–Trinajstić information content (AvgIpc) is 3.37. The molecule has 3 heterocycles. The number of nitrogens with zero attached hydrogens (tertiary/aromatic N) is 2. The van der Waals surface area contributed by atoms with Crippen LogP contribution in [0.3, 0.4) is 0 Å². The smallest absolute Gasteiger partial charge is 0.213 e. The normalized spacial score (nSPS) is 20.6. The molecule has 2 aromatic carbocycles. The lowest BCUT2D eigenvalue weighted by Crippen LogP contribution is -2.33. The number of hydrogen-bond donors (Lipinski definition) is 0. The van der Waals surface area contributed by atoms with Crippen molar-refractivity contribution in [2.45, 2.75) is 38.5 Å². The van der Waals surface area contributed by atoms with E-state index < -0.39 is 0 Å². The van der Waals surface area contributed by atoms with Crippen molar-refractivity contribution in [1.82, 2.24) is 5.01 Å². The zero-order valence-corrected chi connectivity index (χ0v) is 17.4. The predicted octanol–water partition coefficient (Wildman–Crippen LogP) is 6.41. The molecule has 0 radical (unpaired) electrons. The van der Waals surface area contributed by atoms with Gasteiger partial charge in [-0.05, 0) is 41.8 Å². The maximum Gasteiger partial charge on any atom is 0.213 e. The first-order chi connectivity index (χ1) is 13.6.